The van der Waals surface area contributed by atoms with E-state index >= 15 is 0 Å². The van der Waals surface area contributed by atoms with Gasteiger partial charge in [-0.3, -0.25) is 4.79 Å². The lowest BCUT2D eigenvalue weighted by Crippen LogP contribution is -2.17. The van der Waals surface area contributed by atoms with Crippen LogP contribution in [-0.2, 0) is 0 Å². The standard InChI is InChI=1S/C20H21N3O/c1-14-4-5-15-13-19(22-18(15)12-14)20(24)21-16-6-8-17(9-7-16)23-10-2-3-11-23/h4-9,12-13,22H,2-3,10-11H2,1H3,(H,21,24). The molecule has 0 atom stereocenters. The van der Waals surface area contributed by atoms with Crippen LogP contribution in [0.4, 0.5) is 11.4 Å². The lowest BCUT2D eigenvalue weighted by atomic mass is 10.2. The second-order valence-electron chi connectivity index (χ2n) is 6.47. The number of amides is 1. The van der Waals surface area contributed by atoms with Crippen molar-refractivity contribution < 1.29 is 4.79 Å². The molecule has 0 unspecified atom stereocenters. The van der Waals surface area contributed by atoms with Crippen LogP contribution in [0, 0.1) is 6.92 Å². The topological polar surface area (TPSA) is 48.1 Å². The maximum atomic E-state index is 12.5. The van der Waals surface area contributed by atoms with Gasteiger partial charge in [0, 0.05) is 35.4 Å². The number of carbonyl (C=O) groups is 1. The monoisotopic (exact) mass is 319 g/mol. The number of carbonyl (C=O) groups excluding carboxylic acids is 1. The molecular formula is C20H21N3O. The number of benzene rings is 2. The van der Waals surface area contributed by atoms with E-state index in [9.17, 15) is 4.79 Å². The van der Waals surface area contributed by atoms with Crippen LogP contribution in [0.2, 0.25) is 0 Å². The molecule has 3 aromatic rings. The molecule has 0 aliphatic carbocycles. The van der Waals surface area contributed by atoms with Crippen LogP contribution in [-0.4, -0.2) is 24.0 Å². The molecule has 0 saturated carbocycles. The first kappa shape index (κ1) is 14.8. The van der Waals surface area contributed by atoms with E-state index in [1.165, 1.54) is 24.1 Å². The fourth-order valence-corrected chi connectivity index (χ4v) is 3.29. The lowest BCUT2D eigenvalue weighted by Gasteiger charge is -2.17. The average Bonchev–Trinajstić information content (AvgIpc) is 3.24. The quantitative estimate of drug-likeness (QED) is 0.755. The third kappa shape index (κ3) is 2.87. The number of aromatic nitrogens is 1. The molecule has 0 bridgehead atoms. The van der Waals surface area contributed by atoms with E-state index < -0.39 is 0 Å². The van der Waals surface area contributed by atoms with E-state index in [-0.39, 0.29) is 5.91 Å². The number of hydrogen-bond donors (Lipinski definition) is 2. The molecule has 2 heterocycles. The third-order valence-corrected chi connectivity index (χ3v) is 4.62. The van der Waals surface area contributed by atoms with Crippen molar-refractivity contribution in [3.8, 4) is 0 Å². The average molecular weight is 319 g/mol. The zero-order valence-electron chi connectivity index (χ0n) is 13.8. The molecule has 1 saturated heterocycles. The minimum Gasteiger partial charge on any atom is -0.372 e. The predicted octanol–water partition coefficient (Wildman–Crippen LogP) is 4.33. The molecule has 2 N–H and O–H groups in total. The van der Waals surface area contributed by atoms with Gasteiger partial charge in [0.15, 0.2) is 0 Å². The van der Waals surface area contributed by atoms with Crippen molar-refractivity contribution in [2.24, 2.45) is 0 Å². The molecule has 4 nitrogen and oxygen atoms in total. The van der Waals surface area contributed by atoms with Crippen molar-refractivity contribution in [2.75, 3.05) is 23.3 Å². The van der Waals surface area contributed by atoms with Crippen LogP contribution in [0.25, 0.3) is 10.9 Å². The number of fused-ring (bicyclic) bond motifs is 1. The van der Waals surface area contributed by atoms with Gasteiger partial charge in [-0.2, -0.15) is 0 Å². The summed E-state index contributed by atoms with van der Waals surface area (Å²) in [6, 6.07) is 16.1. The minimum absolute atomic E-state index is 0.113. The highest BCUT2D eigenvalue weighted by molar-refractivity contribution is 6.06. The van der Waals surface area contributed by atoms with E-state index in [2.05, 4.69) is 39.5 Å². The summed E-state index contributed by atoms with van der Waals surface area (Å²) in [6.45, 7) is 4.29. The van der Waals surface area contributed by atoms with Gasteiger partial charge >= 0.3 is 0 Å². The fraction of sp³-hybridized carbons (Fsp3) is 0.250. The highest BCUT2D eigenvalue weighted by atomic mass is 16.1. The number of nitrogens with one attached hydrogen (secondary N) is 2. The van der Waals surface area contributed by atoms with Crippen molar-refractivity contribution in [3.63, 3.8) is 0 Å². The minimum atomic E-state index is -0.113. The SMILES string of the molecule is Cc1ccc2cc(C(=O)Nc3ccc(N4CCCC4)cc3)[nH]c2c1. The zero-order chi connectivity index (χ0) is 16.5. The molecule has 1 amide bonds. The van der Waals surface area contributed by atoms with E-state index in [4.69, 9.17) is 0 Å². The maximum Gasteiger partial charge on any atom is 0.272 e. The number of aromatic amines is 1. The van der Waals surface area contributed by atoms with Gasteiger partial charge in [0.05, 0.1) is 0 Å². The lowest BCUT2D eigenvalue weighted by molar-refractivity contribution is 0.102. The van der Waals surface area contributed by atoms with Gasteiger partial charge in [0.25, 0.3) is 5.91 Å². The Morgan fingerprint density at radius 3 is 2.54 bits per heavy atom. The molecule has 0 spiro atoms. The molecule has 24 heavy (non-hydrogen) atoms. The second kappa shape index (κ2) is 6.04. The highest BCUT2D eigenvalue weighted by Gasteiger charge is 2.13. The Bertz CT molecular complexity index is 874. The summed E-state index contributed by atoms with van der Waals surface area (Å²) < 4.78 is 0. The Labute approximate surface area is 141 Å². The molecule has 122 valence electrons. The maximum absolute atomic E-state index is 12.5. The Balaban J connectivity index is 1.50. The summed E-state index contributed by atoms with van der Waals surface area (Å²) in [4.78, 5) is 18.0. The molecule has 4 heteroatoms. The van der Waals surface area contributed by atoms with Crippen LogP contribution >= 0.6 is 0 Å². The Morgan fingerprint density at radius 2 is 1.79 bits per heavy atom. The summed E-state index contributed by atoms with van der Waals surface area (Å²) in [7, 11) is 0. The normalized spacial score (nSPS) is 14.3. The van der Waals surface area contributed by atoms with E-state index in [0.717, 1.165) is 29.7 Å². The van der Waals surface area contributed by atoms with Crippen molar-refractivity contribution in [1.82, 2.24) is 4.98 Å². The zero-order valence-corrected chi connectivity index (χ0v) is 13.8. The van der Waals surface area contributed by atoms with Crippen LogP contribution in [0.5, 0.6) is 0 Å². The molecule has 1 fully saturated rings. The number of nitrogens with zero attached hydrogens (tertiary/aromatic N) is 1. The number of rotatable bonds is 3. The first-order chi connectivity index (χ1) is 11.7. The number of aryl methyl sites for hydroxylation is 1. The fourth-order valence-electron chi connectivity index (χ4n) is 3.29. The van der Waals surface area contributed by atoms with E-state index in [1.54, 1.807) is 0 Å². The summed E-state index contributed by atoms with van der Waals surface area (Å²) in [6.07, 6.45) is 2.52. The Hall–Kier alpha value is -2.75. The number of H-pyrrole nitrogens is 1. The van der Waals surface area contributed by atoms with Gasteiger partial charge in [-0.25, -0.2) is 0 Å². The van der Waals surface area contributed by atoms with Crippen LogP contribution in [0.1, 0.15) is 28.9 Å². The van der Waals surface area contributed by atoms with Crippen LogP contribution < -0.4 is 10.2 Å². The molecule has 2 aromatic carbocycles. The first-order valence-corrected chi connectivity index (χ1v) is 8.45. The molecule has 0 radical (unpaired) electrons. The smallest absolute Gasteiger partial charge is 0.272 e. The van der Waals surface area contributed by atoms with Gasteiger partial charge in [0.1, 0.15) is 5.69 Å². The predicted molar refractivity (Wildman–Crippen MR) is 98.9 cm³/mol. The van der Waals surface area contributed by atoms with Crippen molar-refractivity contribution in [1.29, 1.82) is 0 Å². The van der Waals surface area contributed by atoms with Gasteiger partial charge in [0.2, 0.25) is 0 Å². The first-order valence-electron chi connectivity index (χ1n) is 8.45. The van der Waals surface area contributed by atoms with E-state index in [0.29, 0.717) is 5.69 Å². The molecule has 1 aromatic heterocycles. The molecule has 4 rings (SSSR count). The Kier molecular flexibility index (Phi) is 3.73. The van der Waals surface area contributed by atoms with Gasteiger partial charge in [-0.15, -0.1) is 0 Å². The second-order valence-corrected chi connectivity index (χ2v) is 6.47. The van der Waals surface area contributed by atoms with Crippen LogP contribution in [0.3, 0.4) is 0 Å². The van der Waals surface area contributed by atoms with Gasteiger partial charge < -0.3 is 15.2 Å². The summed E-state index contributed by atoms with van der Waals surface area (Å²) in [5.74, 6) is -0.113. The Morgan fingerprint density at radius 1 is 1.04 bits per heavy atom. The molecule has 1 aliphatic heterocycles. The summed E-state index contributed by atoms with van der Waals surface area (Å²) in [5.41, 5.74) is 4.79. The van der Waals surface area contributed by atoms with E-state index in [1.807, 2.05) is 31.2 Å². The van der Waals surface area contributed by atoms with Gasteiger partial charge in [-0.1, -0.05) is 12.1 Å². The van der Waals surface area contributed by atoms with Crippen molar-refractivity contribution in [2.45, 2.75) is 19.8 Å². The van der Waals surface area contributed by atoms with Gasteiger partial charge in [-0.05, 0) is 61.7 Å². The van der Waals surface area contributed by atoms with Crippen LogP contribution in [0.15, 0.2) is 48.5 Å². The highest BCUT2D eigenvalue weighted by Crippen LogP contribution is 2.23. The van der Waals surface area contributed by atoms with Crippen molar-refractivity contribution in [3.05, 3.63) is 59.8 Å². The molecule has 1 aliphatic rings. The largest absolute Gasteiger partial charge is 0.372 e. The summed E-state index contributed by atoms with van der Waals surface area (Å²) in [5, 5.41) is 4.01. The third-order valence-electron chi connectivity index (χ3n) is 4.62. The summed E-state index contributed by atoms with van der Waals surface area (Å²) >= 11 is 0. The molecular weight excluding hydrogens is 298 g/mol. The number of anilines is 2. The number of hydrogen-bond acceptors (Lipinski definition) is 2. The van der Waals surface area contributed by atoms with Crippen molar-refractivity contribution >= 4 is 28.2 Å².